The maximum atomic E-state index is 6.01. The number of hydrogen-bond acceptors (Lipinski definition) is 1. The van der Waals surface area contributed by atoms with Crippen LogP contribution in [0, 0.1) is 0 Å². The van der Waals surface area contributed by atoms with Crippen LogP contribution in [0.25, 0.3) is 66.4 Å². The van der Waals surface area contributed by atoms with Crippen molar-refractivity contribution in [2.24, 2.45) is 0 Å². The summed E-state index contributed by atoms with van der Waals surface area (Å²) in [7, 11) is 0. The molecule has 1 aromatic heterocycles. The molecule has 0 radical (unpaired) electrons. The van der Waals surface area contributed by atoms with Gasteiger partial charge in [0, 0.05) is 10.8 Å². The van der Waals surface area contributed by atoms with Crippen molar-refractivity contribution in [2.75, 3.05) is 0 Å². The van der Waals surface area contributed by atoms with Gasteiger partial charge in [0.25, 0.3) is 0 Å². The summed E-state index contributed by atoms with van der Waals surface area (Å²) in [6.45, 7) is 4.46. The highest BCUT2D eigenvalue weighted by Gasteiger charge is 2.09. The van der Waals surface area contributed by atoms with E-state index in [0.717, 1.165) is 21.9 Å². The Morgan fingerprint density at radius 1 is 0.375 bits per heavy atom. The van der Waals surface area contributed by atoms with Gasteiger partial charge in [0.05, 0.1) is 0 Å². The maximum Gasteiger partial charge on any atom is 0.135 e. The molecule has 0 saturated carbocycles. The minimum atomic E-state index is 0.548. The summed E-state index contributed by atoms with van der Waals surface area (Å²) >= 11 is 0. The molecule has 0 fully saturated rings. The zero-order chi connectivity index (χ0) is 27.1. The van der Waals surface area contributed by atoms with Gasteiger partial charge in [-0.15, -0.1) is 0 Å². The average molecular weight is 515 g/mol. The van der Waals surface area contributed by atoms with Gasteiger partial charge in [-0.3, -0.25) is 0 Å². The van der Waals surface area contributed by atoms with Crippen LogP contribution in [0.2, 0.25) is 0 Å². The maximum absolute atomic E-state index is 6.01. The molecule has 1 heterocycles. The Balaban J connectivity index is 1.14. The average Bonchev–Trinajstić information content (AvgIpc) is 3.39. The largest absolute Gasteiger partial charge is 0.456 e. The second-order valence-electron chi connectivity index (χ2n) is 10.8. The first-order valence-corrected chi connectivity index (χ1v) is 14.0. The summed E-state index contributed by atoms with van der Waals surface area (Å²) in [6, 6.07) is 50.2. The fourth-order valence-electron chi connectivity index (χ4n) is 5.55. The molecule has 40 heavy (non-hydrogen) atoms. The van der Waals surface area contributed by atoms with Crippen molar-refractivity contribution in [1.82, 2.24) is 0 Å². The molecule has 0 aliphatic rings. The zero-order valence-corrected chi connectivity index (χ0v) is 22.8. The molecule has 0 saturated heterocycles. The monoisotopic (exact) mass is 514 g/mol. The van der Waals surface area contributed by atoms with Crippen molar-refractivity contribution in [1.29, 1.82) is 0 Å². The van der Waals surface area contributed by atoms with Crippen molar-refractivity contribution < 1.29 is 4.42 Å². The van der Waals surface area contributed by atoms with E-state index in [4.69, 9.17) is 4.42 Å². The Kier molecular flexibility index (Phi) is 6.06. The van der Waals surface area contributed by atoms with Gasteiger partial charge in [-0.25, -0.2) is 0 Å². The van der Waals surface area contributed by atoms with Crippen LogP contribution in [0.15, 0.2) is 144 Å². The SMILES string of the molecule is CC(C)c1ccc(-c2ccc(-c3cccc(-c4ccc(-c5ccc6oc7ccccc7c6c5)cc4)c3)cc2)cc1. The van der Waals surface area contributed by atoms with Gasteiger partial charge in [0.2, 0.25) is 0 Å². The van der Waals surface area contributed by atoms with E-state index in [1.807, 2.05) is 12.1 Å². The van der Waals surface area contributed by atoms with Crippen molar-refractivity contribution in [3.05, 3.63) is 145 Å². The number of furan rings is 1. The molecule has 0 unspecified atom stereocenters. The highest BCUT2D eigenvalue weighted by Crippen LogP contribution is 2.34. The number of benzene rings is 6. The number of hydrogen-bond donors (Lipinski definition) is 0. The van der Waals surface area contributed by atoms with Crippen molar-refractivity contribution in [3.63, 3.8) is 0 Å². The lowest BCUT2D eigenvalue weighted by molar-refractivity contribution is 0.669. The Hall–Kier alpha value is -4.88. The summed E-state index contributed by atoms with van der Waals surface area (Å²) in [6.07, 6.45) is 0. The van der Waals surface area contributed by atoms with Gasteiger partial charge >= 0.3 is 0 Å². The lowest BCUT2D eigenvalue weighted by atomic mass is 9.95. The van der Waals surface area contributed by atoms with Gasteiger partial charge < -0.3 is 4.42 Å². The third-order valence-electron chi connectivity index (χ3n) is 7.92. The van der Waals surface area contributed by atoms with Gasteiger partial charge in [-0.2, -0.15) is 0 Å². The summed E-state index contributed by atoms with van der Waals surface area (Å²) in [5, 5.41) is 2.31. The lowest BCUT2D eigenvalue weighted by Gasteiger charge is -2.10. The Labute approximate surface area is 235 Å². The fourth-order valence-corrected chi connectivity index (χ4v) is 5.55. The van der Waals surface area contributed by atoms with Gasteiger partial charge in [0.15, 0.2) is 0 Å². The molecule has 1 heteroatoms. The summed E-state index contributed by atoms with van der Waals surface area (Å²) in [5.74, 6) is 0.548. The molecule has 6 aromatic carbocycles. The first-order valence-electron chi connectivity index (χ1n) is 14.0. The van der Waals surface area contributed by atoms with E-state index in [0.29, 0.717) is 5.92 Å². The second-order valence-corrected chi connectivity index (χ2v) is 10.8. The van der Waals surface area contributed by atoms with E-state index in [9.17, 15) is 0 Å². The van der Waals surface area contributed by atoms with E-state index in [2.05, 4.69) is 141 Å². The Morgan fingerprint density at radius 2 is 0.825 bits per heavy atom. The van der Waals surface area contributed by atoms with Crippen LogP contribution in [0.1, 0.15) is 25.3 Å². The first-order chi connectivity index (χ1) is 19.6. The summed E-state index contributed by atoms with van der Waals surface area (Å²) in [4.78, 5) is 0. The number of fused-ring (bicyclic) bond motifs is 3. The summed E-state index contributed by atoms with van der Waals surface area (Å²) < 4.78 is 6.01. The van der Waals surface area contributed by atoms with Gasteiger partial charge in [0.1, 0.15) is 11.2 Å². The van der Waals surface area contributed by atoms with Crippen LogP contribution in [0.3, 0.4) is 0 Å². The molecular weight excluding hydrogens is 484 g/mol. The molecule has 0 amide bonds. The minimum absolute atomic E-state index is 0.548. The molecule has 0 aliphatic heterocycles. The van der Waals surface area contributed by atoms with Crippen LogP contribution >= 0.6 is 0 Å². The van der Waals surface area contributed by atoms with E-state index in [1.165, 1.54) is 50.1 Å². The minimum Gasteiger partial charge on any atom is -0.456 e. The van der Waals surface area contributed by atoms with Crippen LogP contribution in [-0.4, -0.2) is 0 Å². The van der Waals surface area contributed by atoms with E-state index in [1.54, 1.807) is 0 Å². The van der Waals surface area contributed by atoms with Crippen LogP contribution in [0.5, 0.6) is 0 Å². The van der Waals surface area contributed by atoms with Crippen LogP contribution in [-0.2, 0) is 0 Å². The van der Waals surface area contributed by atoms with Crippen molar-refractivity contribution in [3.8, 4) is 44.5 Å². The third kappa shape index (κ3) is 4.50. The Bertz CT molecular complexity index is 1940. The molecule has 0 atom stereocenters. The topological polar surface area (TPSA) is 13.1 Å². The predicted octanol–water partition coefficient (Wildman–Crippen LogP) is 11.4. The molecule has 1 nitrogen and oxygen atoms in total. The predicted molar refractivity (Wildman–Crippen MR) is 170 cm³/mol. The standard InChI is InChI=1S/C39H30O/c1-26(2)27-10-12-28(13-11-27)29-14-16-30(17-15-29)33-6-5-7-34(24-33)31-18-20-32(21-19-31)35-22-23-39-37(25-35)36-8-3-4-9-38(36)40-39/h3-26H,1-2H3. The zero-order valence-electron chi connectivity index (χ0n) is 22.8. The number of para-hydroxylation sites is 1. The van der Waals surface area contributed by atoms with Crippen molar-refractivity contribution >= 4 is 21.9 Å². The normalized spacial score (nSPS) is 11.5. The highest BCUT2D eigenvalue weighted by molar-refractivity contribution is 6.06. The molecule has 0 N–H and O–H groups in total. The third-order valence-corrected chi connectivity index (χ3v) is 7.92. The molecule has 7 rings (SSSR count). The van der Waals surface area contributed by atoms with E-state index in [-0.39, 0.29) is 0 Å². The molecule has 7 aromatic rings. The van der Waals surface area contributed by atoms with Crippen LogP contribution < -0.4 is 0 Å². The molecular formula is C39H30O. The summed E-state index contributed by atoms with van der Waals surface area (Å²) in [5.41, 5.74) is 13.0. The second kappa shape index (κ2) is 10.0. The van der Waals surface area contributed by atoms with Gasteiger partial charge in [-0.05, 0) is 80.3 Å². The van der Waals surface area contributed by atoms with E-state index >= 15 is 0 Å². The molecule has 0 spiro atoms. The number of rotatable bonds is 5. The van der Waals surface area contributed by atoms with Crippen molar-refractivity contribution in [2.45, 2.75) is 19.8 Å². The smallest absolute Gasteiger partial charge is 0.135 e. The Morgan fingerprint density at radius 3 is 1.40 bits per heavy atom. The highest BCUT2D eigenvalue weighted by atomic mass is 16.3. The molecule has 0 bridgehead atoms. The molecule has 192 valence electrons. The van der Waals surface area contributed by atoms with Crippen LogP contribution in [0.4, 0.5) is 0 Å². The molecule has 0 aliphatic carbocycles. The van der Waals surface area contributed by atoms with Gasteiger partial charge in [-0.1, -0.05) is 129 Å². The van der Waals surface area contributed by atoms with E-state index < -0.39 is 0 Å². The lowest BCUT2D eigenvalue weighted by Crippen LogP contribution is -1.87. The first kappa shape index (κ1) is 24.2. The quantitative estimate of drug-likeness (QED) is 0.223. The fraction of sp³-hybridized carbons (Fsp3) is 0.0769.